The van der Waals surface area contributed by atoms with E-state index in [2.05, 4.69) is 10.6 Å². The summed E-state index contributed by atoms with van der Waals surface area (Å²) in [6.45, 7) is 2.82. The first-order valence-electron chi connectivity index (χ1n) is 9.06. The van der Waals surface area contributed by atoms with Crippen LogP contribution in [0.2, 0.25) is 0 Å². The Balaban J connectivity index is 1.44. The van der Waals surface area contributed by atoms with Gasteiger partial charge in [-0.25, -0.2) is 0 Å². The molecule has 0 saturated heterocycles. The number of anilines is 1. The van der Waals surface area contributed by atoms with Crippen molar-refractivity contribution in [3.63, 3.8) is 0 Å². The molecule has 0 fully saturated rings. The molecule has 138 valence electrons. The van der Waals surface area contributed by atoms with E-state index >= 15 is 0 Å². The molecule has 0 aliphatic rings. The Labute approximate surface area is 160 Å². The van der Waals surface area contributed by atoms with Crippen molar-refractivity contribution in [3.8, 4) is 5.75 Å². The maximum absolute atomic E-state index is 12.1. The molecule has 0 saturated carbocycles. The van der Waals surface area contributed by atoms with Crippen molar-refractivity contribution in [1.29, 1.82) is 0 Å². The summed E-state index contributed by atoms with van der Waals surface area (Å²) in [6, 6.07) is 27.6. The molecule has 1 atom stereocenters. The fraction of sp³-hybridized carbons (Fsp3) is 0.174. The Morgan fingerprint density at radius 3 is 2.19 bits per heavy atom. The summed E-state index contributed by atoms with van der Waals surface area (Å²) in [7, 11) is 0. The summed E-state index contributed by atoms with van der Waals surface area (Å²) in [5, 5.41) is 6.12. The van der Waals surface area contributed by atoms with Gasteiger partial charge in [-0.15, -0.1) is 0 Å². The third-order valence-corrected chi connectivity index (χ3v) is 4.25. The number of carbonyl (C=O) groups is 1. The third kappa shape index (κ3) is 5.97. The number of nitrogens with one attached hydrogen (secondary N) is 2. The largest absolute Gasteiger partial charge is 0.489 e. The summed E-state index contributed by atoms with van der Waals surface area (Å²) < 4.78 is 5.75. The van der Waals surface area contributed by atoms with E-state index in [4.69, 9.17) is 4.74 Å². The first-order chi connectivity index (χ1) is 13.2. The number of ether oxygens (including phenoxy) is 1. The highest BCUT2D eigenvalue weighted by atomic mass is 16.5. The number of carbonyl (C=O) groups excluding carboxylic acids is 1. The van der Waals surface area contributed by atoms with Gasteiger partial charge in [0.25, 0.3) is 0 Å². The monoisotopic (exact) mass is 360 g/mol. The smallest absolute Gasteiger partial charge is 0.238 e. The molecular weight excluding hydrogens is 336 g/mol. The quantitative estimate of drug-likeness (QED) is 0.619. The number of hydrogen-bond donors (Lipinski definition) is 2. The third-order valence-electron chi connectivity index (χ3n) is 4.25. The molecule has 0 aromatic heterocycles. The first kappa shape index (κ1) is 18.7. The summed E-state index contributed by atoms with van der Waals surface area (Å²) in [6.07, 6.45) is 0. The number of amides is 1. The lowest BCUT2D eigenvalue weighted by Crippen LogP contribution is -2.30. The van der Waals surface area contributed by atoms with Crippen molar-refractivity contribution in [2.75, 3.05) is 11.9 Å². The Morgan fingerprint density at radius 2 is 1.52 bits per heavy atom. The summed E-state index contributed by atoms with van der Waals surface area (Å²) in [5.41, 5.74) is 3.03. The zero-order chi connectivity index (χ0) is 18.9. The molecular formula is C23H24N2O2. The van der Waals surface area contributed by atoms with Crippen molar-refractivity contribution in [2.45, 2.75) is 19.6 Å². The zero-order valence-corrected chi connectivity index (χ0v) is 15.4. The Hall–Kier alpha value is -3.11. The zero-order valence-electron chi connectivity index (χ0n) is 15.4. The first-order valence-corrected chi connectivity index (χ1v) is 9.06. The van der Waals surface area contributed by atoms with Crippen LogP contribution in [0.3, 0.4) is 0 Å². The minimum atomic E-state index is -0.0734. The lowest BCUT2D eigenvalue weighted by Gasteiger charge is -2.14. The van der Waals surface area contributed by atoms with Crippen molar-refractivity contribution in [1.82, 2.24) is 5.32 Å². The normalized spacial score (nSPS) is 11.6. The average Bonchev–Trinajstić information content (AvgIpc) is 2.73. The van der Waals surface area contributed by atoms with Gasteiger partial charge in [0.05, 0.1) is 6.54 Å². The molecule has 2 N–H and O–H groups in total. The van der Waals surface area contributed by atoms with Crippen LogP contribution in [0, 0.1) is 0 Å². The van der Waals surface area contributed by atoms with E-state index in [-0.39, 0.29) is 18.5 Å². The van der Waals surface area contributed by atoms with Gasteiger partial charge in [0.1, 0.15) is 12.4 Å². The van der Waals surface area contributed by atoms with Crippen LogP contribution in [-0.2, 0) is 11.4 Å². The van der Waals surface area contributed by atoms with E-state index in [9.17, 15) is 4.79 Å². The number of rotatable bonds is 8. The molecule has 0 radical (unpaired) electrons. The highest BCUT2D eigenvalue weighted by molar-refractivity contribution is 5.92. The van der Waals surface area contributed by atoms with Crippen molar-refractivity contribution >= 4 is 11.6 Å². The van der Waals surface area contributed by atoms with Gasteiger partial charge in [-0.05, 0) is 42.3 Å². The van der Waals surface area contributed by atoms with E-state index in [1.165, 1.54) is 0 Å². The standard InChI is InChI=1S/C23H24N2O2/c1-18(20-10-6-3-7-11-20)24-16-23(26)25-21-12-14-22(15-13-21)27-17-19-8-4-2-5-9-19/h2-15,18,24H,16-17H2,1H3,(H,25,26). The summed E-state index contributed by atoms with van der Waals surface area (Å²) in [4.78, 5) is 12.1. The Morgan fingerprint density at radius 1 is 0.889 bits per heavy atom. The molecule has 0 heterocycles. The molecule has 27 heavy (non-hydrogen) atoms. The number of benzene rings is 3. The van der Waals surface area contributed by atoms with Crippen molar-refractivity contribution < 1.29 is 9.53 Å². The fourth-order valence-electron chi connectivity index (χ4n) is 2.69. The SMILES string of the molecule is CC(NCC(=O)Nc1ccc(OCc2ccccc2)cc1)c1ccccc1. The maximum Gasteiger partial charge on any atom is 0.238 e. The number of hydrogen-bond acceptors (Lipinski definition) is 3. The summed E-state index contributed by atoms with van der Waals surface area (Å²) >= 11 is 0. The van der Waals surface area contributed by atoms with Crippen LogP contribution in [0.5, 0.6) is 5.75 Å². The topological polar surface area (TPSA) is 50.4 Å². The predicted molar refractivity (Wildman–Crippen MR) is 109 cm³/mol. The van der Waals surface area contributed by atoms with E-state index < -0.39 is 0 Å². The second-order valence-electron chi connectivity index (χ2n) is 6.36. The average molecular weight is 360 g/mol. The molecule has 3 aromatic carbocycles. The van der Waals surface area contributed by atoms with Gasteiger partial charge in [-0.2, -0.15) is 0 Å². The van der Waals surface area contributed by atoms with Gasteiger partial charge in [0.2, 0.25) is 5.91 Å². The molecule has 1 unspecified atom stereocenters. The van der Waals surface area contributed by atoms with Gasteiger partial charge in [-0.3, -0.25) is 4.79 Å². The van der Waals surface area contributed by atoms with Gasteiger partial charge in [0.15, 0.2) is 0 Å². The van der Waals surface area contributed by atoms with E-state index in [1.807, 2.05) is 91.9 Å². The molecule has 0 spiro atoms. The maximum atomic E-state index is 12.1. The molecule has 4 heteroatoms. The van der Waals surface area contributed by atoms with E-state index in [0.29, 0.717) is 6.61 Å². The molecule has 3 aromatic rings. The minimum Gasteiger partial charge on any atom is -0.489 e. The van der Waals surface area contributed by atoms with Crippen LogP contribution in [0.1, 0.15) is 24.1 Å². The minimum absolute atomic E-state index is 0.0734. The van der Waals surface area contributed by atoms with Crippen LogP contribution in [0.15, 0.2) is 84.9 Å². The van der Waals surface area contributed by atoms with E-state index in [1.54, 1.807) is 0 Å². The molecule has 0 aliphatic carbocycles. The predicted octanol–water partition coefficient (Wildman–Crippen LogP) is 4.55. The summed E-state index contributed by atoms with van der Waals surface area (Å²) in [5.74, 6) is 0.698. The Bertz CT molecular complexity index is 833. The molecule has 0 aliphatic heterocycles. The fourth-order valence-corrected chi connectivity index (χ4v) is 2.69. The lowest BCUT2D eigenvalue weighted by molar-refractivity contribution is -0.115. The van der Waals surface area contributed by atoms with E-state index in [0.717, 1.165) is 22.6 Å². The van der Waals surface area contributed by atoms with Crippen LogP contribution in [0.4, 0.5) is 5.69 Å². The molecule has 3 rings (SSSR count). The van der Waals surface area contributed by atoms with Crippen LogP contribution in [-0.4, -0.2) is 12.5 Å². The highest BCUT2D eigenvalue weighted by Crippen LogP contribution is 2.17. The van der Waals surface area contributed by atoms with Gasteiger partial charge < -0.3 is 15.4 Å². The second kappa shape index (κ2) is 9.55. The van der Waals surface area contributed by atoms with Crippen LogP contribution in [0.25, 0.3) is 0 Å². The van der Waals surface area contributed by atoms with Gasteiger partial charge >= 0.3 is 0 Å². The van der Waals surface area contributed by atoms with Crippen molar-refractivity contribution in [3.05, 3.63) is 96.1 Å². The van der Waals surface area contributed by atoms with Crippen molar-refractivity contribution in [2.24, 2.45) is 0 Å². The molecule has 1 amide bonds. The lowest BCUT2D eigenvalue weighted by atomic mass is 10.1. The van der Waals surface area contributed by atoms with Crippen LogP contribution < -0.4 is 15.4 Å². The molecule has 0 bridgehead atoms. The highest BCUT2D eigenvalue weighted by Gasteiger charge is 2.07. The van der Waals surface area contributed by atoms with Gasteiger partial charge in [0, 0.05) is 11.7 Å². The Kier molecular flexibility index (Phi) is 6.61. The second-order valence-corrected chi connectivity index (χ2v) is 6.36. The van der Waals surface area contributed by atoms with Crippen LogP contribution >= 0.6 is 0 Å². The van der Waals surface area contributed by atoms with Gasteiger partial charge in [-0.1, -0.05) is 60.7 Å². The molecule has 4 nitrogen and oxygen atoms in total.